The van der Waals surface area contributed by atoms with Crippen LogP contribution in [0.3, 0.4) is 0 Å². The number of aliphatic hydroxyl groups is 1. The summed E-state index contributed by atoms with van der Waals surface area (Å²) in [7, 11) is 0. The van der Waals surface area contributed by atoms with Gasteiger partial charge in [0.15, 0.2) is 0 Å². The minimum atomic E-state index is -0.447. The summed E-state index contributed by atoms with van der Waals surface area (Å²) in [6, 6.07) is 2.45. The van der Waals surface area contributed by atoms with Gasteiger partial charge in [0.1, 0.15) is 0 Å². The van der Waals surface area contributed by atoms with Gasteiger partial charge >= 0.3 is 0 Å². The molecule has 0 radical (unpaired) electrons. The average molecular weight is 225 g/mol. The Morgan fingerprint density at radius 1 is 1.47 bits per heavy atom. The van der Waals surface area contributed by atoms with Crippen molar-refractivity contribution < 1.29 is 5.11 Å². The summed E-state index contributed by atoms with van der Waals surface area (Å²) in [5, 5.41) is 14.6. The molecule has 3 N–H and O–H groups in total. The summed E-state index contributed by atoms with van der Waals surface area (Å²) < 4.78 is 0. The predicted octanol–water partition coefficient (Wildman–Crippen LogP) is 2.31. The fourth-order valence-corrected chi connectivity index (χ4v) is 2.94. The van der Waals surface area contributed by atoms with Crippen LogP contribution >= 0.6 is 11.3 Å². The van der Waals surface area contributed by atoms with Crippen molar-refractivity contribution in [2.45, 2.75) is 50.2 Å². The van der Waals surface area contributed by atoms with Crippen LogP contribution in [0.5, 0.6) is 0 Å². The van der Waals surface area contributed by atoms with Gasteiger partial charge < -0.3 is 10.8 Å². The lowest BCUT2D eigenvalue weighted by molar-refractivity contribution is -0.00749. The molecule has 0 amide bonds. The Kier molecular flexibility index (Phi) is 3.44. The molecule has 1 aliphatic rings. The molecular weight excluding hydrogens is 206 g/mol. The zero-order chi connectivity index (χ0) is 10.7. The van der Waals surface area contributed by atoms with E-state index in [1.54, 1.807) is 11.3 Å². The van der Waals surface area contributed by atoms with Crippen LogP contribution in [0.4, 0.5) is 0 Å². The Balaban J connectivity index is 1.83. The zero-order valence-corrected chi connectivity index (χ0v) is 9.80. The van der Waals surface area contributed by atoms with Crippen LogP contribution in [0.2, 0.25) is 0 Å². The second-order valence-electron chi connectivity index (χ2n) is 4.69. The number of thiophene rings is 1. The van der Waals surface area contributed by atoms with E-state index in [2.05, 4.69) is 16.8 Å². The maximum Gasteiger partial charge on any atom is 0.0652 e. The molecule has 15 heavy (non-hydrogen) atoms. The Labute approximate surface area is 95.1 Å². The highest BCUT2D eigenvalue weighted by Gasteiger charge is 2.31. The third-order valence-electron chi connectivity index (χ3n) is 3.42. The third-order valence-corrected chi connectivity index (χ3v) is 4.15. The molecule has 1 fully saturated rings. The molecule has 1 saturated carbocycles. The first kappa shape index (κ1) is 11.1. The second kappa shape index (κ2) is 4.64. The van der Waals surface area contributed by atoms with Crippen LogP contribution in [-0.4, -0.2) is 16.7 Å². The second-order valence-corrected chi connectivity index (χ2v) is 5.47. The highest BCUT2D eigenvalue weighted by molar-refractivity contribution is 7.07. The van der Waals surface area contributed by atoms with Crippen molar-refractivity contribution in [3.63, 3.8) is 0 Å². The average Bonchev–Trinajstić information content (AvgIpc) is 2.73. The monoisotopic (exact) mass is 225 g/mol. The minimum absolute atomic E-state index is 0.312. The van der Waals surface area contributed by atoms with Crippen molar-refractivity contribution in [2.24, 2.45) is 5.73 Å². The maximum atomic E-state index is 10.3. The van der Waals surface area contributed by atoms with E-state index in [9.17, 15) is 5.11 Å². The molecule has 0 bridgehead atoms. The molecule has 2 rings (SSSR count). The lowest BCUT2D eigenvalue weighted by Crippen LogP contribution is -2.39. The van der Waals surface area contributed by atoms with E-state index < -0.39 is 5.60 Å². The molecule has 0 atom stereocenters. The molecule has 2 nitrogen and oxygen atoms in total. The van der Waals surface area contributed by atoms with Crippen molar-refractivity contribution in [1.29, 1.82) is 0 Å². The Hall–Kier alpha value is -0.380. The van der Waals surface area contributed by atoms with Gasteiger partial charge in [-0.1, -0.05) is 0 Å². The van der Waals surface area contributed by atoms with Gasteiger partial charge in [-0.2, -0.15) is 11.3 Å². The minimum Gasteiger partial charge on any atom is -0.390 e. The molecule has 1 aliphatic carbocycles. The standard InChI is InChI=1S/C12H19NOS/c13-11-2-6-12(14,7-3-11)5-1-10-4-8-15-9-10/h4,8-9,11,14H,1-3,5-7,13H2. The molecule has 84 valence electrons. The summed E-state index contributed by atoms with van der Waals surface area (Å²) >= 11 is 1.72. The van der Waals surface area contributed by atoms with Crippen molar-refractivity contribution >= 4 is 11.3 Å². The van der Waals surface area contributed by atoms with E-state index in [-0.39, 0.29) is 0 Å². The van der Waals surface area contributed by atoms with Gasteiger partial charge in [-0.25, -0.2) is 0 Å². The molecule has 1 aromatic heterocycles. The highest BCUT2D eigenvalue weighted by atomic mass is 32.1. The maximum absolute atomic E-state index is 10.3. The molecular formula is C12H19NOS. The van der Waals surface area contributed by atoms with Crippen LogP contribution < -0.4 is 5.73 Å². The van der Waals surface area contributed by atoms with Crippen LogP contribution in [0, 0.1) is 0 Å². The van der Waals surface area contributed by atoms with E-state index in [4.69, 9.17) is 5.73 Å². The molecule has 0 saturated heterocycles. The van der Waals surface area contributed by atoms with Crippen molar-refractivity contribution in [1.82, 2.24) is 0 Å². The summed E-state index contributed by atoms with van der Waals surface area (Å²) in [6.07, 6.45) is 5.57. The van der Waals surface area contributed by atoms with Crippen molar-refractivity contribution in [2.75, 3.05) is 0 Å². The first-order valence-corrected chi connectivity index (χ1v) is 6.61. The number of nitrogens with two attached hydrogens (primary N) is 1. The number of hydrogen-bond donors (Lipinski definition) is 2. The van der Waals surface area contributed by atoms with Crippen LogP contribution in [0.1, 0.15) is 37.7 Å². The van der Waals surface area contributed by atoms with Crippen molar-refractivity contribution in [3.8, 4) is 0 Å². The molecule has 1 aromatic rings. The fraction of sp³-hybridized carbons (Fsp3) is 0.667. The van der Waals surface area contributed by atoms with Crippen molar-refractivity contribution in [3.05, 3.63) is 22.4 Å². The van der Waals surface area contributed by atoms with Gasteiger partial charge in [-0.15, -0.1) is 0 Å². The SMILES string of the molecule is NC1CCC(O)(CCc2ccsc2)CC1. The lowest BCUT2D eigenvalue weighted by atomic mass is 9.79. The first-order chi connectivity index (χ1) is 7.18. The smallest absolute Gasteiger partial charge is 0.0652 e. The van der Waals surface area contributed by atoms with Crippen LogP contribution in [-0.2, 0) is 6.42 Å². The molecule has 1 heterocycles. The Bertz CT molecular complexity index is 289. The molecule has 3 heteroatoms. The topological polar surface area (TPSA) is 46.2 Å². The lowest BCUT2D eigenvalue weighted by Gasteiger charge is -2.34. The number of hydrogen-bond acceptors (Lipinski definition) is 3. The summed E-state index contributed by atoms with van der Waals surface area (Å²) in [5.74, 6) is 0. The third kappa shape index (κ3) is 3.03. The Morgan fingerprint density at radius 3 is 2.80 bits per heavy atom. The van der Waals surface area contributed by atoms with Gasteiger partial charge in [0.05, 0.1) is 5.60 Å². The van der Waals surface area contributed by atoms with Crippen LogP contribution in [0.25, 0.3) is 0 Å². The normalized spacial score (nSPS) is 31.7. The predicted molar refractivity (Wildman–Crippen MR) is 64.0 cm³/mol. The van der Waals surface area contributed by atoms with Crippen LogP contribution in [0.15, 0.2) is 16.8 Å². The van der Waals surface area contributed by atoms with Gasteiger partial charge in [-0.3, -0.25) is 0 Å². The summed E-state index contributed by atoms with van der Waals surface area (Å²) in [6.45, 7) is 0. The van der Waals surface area contributed by atoms with E-state index >= 15 is 0 Å². The number of rotatable bonds is 3. The molecule has 0 unspecified atom stereocenters. The van der Waals surface area contributed by atoms with Gasteiger partial charge in [0.25, 0.3) is 0 Å². The zero-order valence-electron chi connectivity index (χ0n) is 8.98. The largest absolute Gasteiger partial charge is 0.390 e. The van der Waals surface area contributed by atoms with Gasteiger partial charge in [0, 0.05) is 6.04 Å². The summed E-state index contributed by atoms with van der Waals surface area (Å²) in [4.78, 5) is 0. The Morgan fingerprint density at radius 2 is 2.20 bits per heavy atom. The van der Waals surface area contributed by atoms with E-state index in [0.717, 1.165) is 38.5 Å². The van der Waals surface area contributed by atoms with E-state index in [1.807, 2.05) is 0 Å². The first-order valence-electron chi connectivity index (χ1n) is 5.67. The van der Waals surface area contributed by atoms with E-state index in [0.29, 0.717) is 6.04 Å². The van der Waals surface area contributed by atoms with E-state index in [1.165, 1.54) is 5.56 Å². The molecule has 0 aliphatic heterocycles. The molecule has 0 spiro atoms. The fourth-order valence-electron chi connectivity index (χ4n) is 2.24. The van der Waals surface area contributed by atoms with Gasteiger partial charge in [0.2, 0.25) is 0 Å². The van der Waals surface area contributed by atoms with Gasteiger partial charge in [-0.05, 0) is 60.9 Å². The molecule has 0 aromatic carbocycles. The summed E-state index contributed by atoms with van der Waals surface area (Å²) in [5.41, 5.74) is 6.74. The number of aryl methyl sites for hydroxylation is 1. The highest BCUT2D eigenvalue weighted by Crippen LogP contribution is 2.31. The quantitative estimate of drug-likeness (QED) is 0.829.